The van der Waals surface area contributed by atoms with E-state index in [1.54, 1.807) is 0 Å². The number of rotatable bonds is 1. The lowest BCUT2D eigenvalue weighted by molar-refractivity contribution is 0.320. The monoisotopic (exact) mass is 126 g/mol. The molecule has 1 heterocycles. The van der Waals surface area contributed by atoms with Gasteiger partial charge in [0, 0.05) is 0 Å². The summed E-state index contributed by atoms with van der Waals surface area (Å²) in [6.45, 7) is 2.18. The van der Waals surface area contributed by atoms with Gasteiger partial charge < -0.3 is 4.74 Å². The van der Waals surface area contributed by atoms with Gasteiger partial charge in [0.25, 0.3) is 0 Å². The molecular formula is C8H14O. The predicted molar refractivity (Wildman–Crippen MR) is 36.3 cm³/mol. The van der Waals surface area contributed by atoms with Gasteiger partial charge >= 0.3 is 0 Å². The molecule has 0 aromatic heterocycles. The number of hydrogen-bond donors (Lipinski definition) is 0. The maximum absolute atomic E-state index is 5.40. The molecule has 1 saturated carbocycles. The van der Waals surface area contributed by atoms with Gasteiger partial charge in [0.1, 0.15) is 0 Å². The third kappa shape index (κ3) is 0.983. The van der Waals surface area contributed by atoms with Crippen LogP contribution in [0.15, 0.2) is 0 Å². The van der Waals surface area contributed by atoms with Gasteiger partial charge in [0.2, 0.25) is 0 Å². The molecule has 1 nitrogen and oxygen atoms in total. The Morgan fingerprint density at radius 2 is 1.78 bits per heavy atom. The second kappa shape index (κ2) is 1.98. The van der Waals surface area contributed by atoms with Gasteiger partial charge in [0.15, 0.2) is 0 Å². The highest BCUT2D eigenvalue weighted by Gasteiger charge is 2.41. The zero-order chi connectivity index (χ0) is 6.27. The van der Waals surface area contributed by atoms with Crippen LogP contribution in [0.5, 0.6) is 0 Å². The van der Waals surface area contributed by atoms with Crippen molar-refractivity contribution in [3.05, 3.63) is 0 Å². The summed E-state index contributed by atoms with van der Waals surface area (Å²) in [7, 11) is 0. The summed E-state index contributed by atoms with van der Waals surface area (Å²) in [5, 5.41) is 0. The van der Waals surface area contributed by atoms with Gasteiger partial charge in [-0.1, -0.05) is 12.8 Å². The molecule has 2 atom stereocenters. The Balaban J connectivity index is 1.85. The van der Waals surface area contributed by atoms with E-state index >= 15 is 0 Å². The highest BCUT2D eigenvalue weighted by molar-refractivity contribution is 4.89. The molecule has 0 aromatic rings. The van der Waals surface area contributed by atoms with Crippen LogP contribution in [0.1, 0.15) is 32.6 Å². The summed E-state index contributed by atoms with van der Waals surface area (Å²) in [6, 6.07) is 0. The van der Waals surface area contributed by atoms with Crippen molar-refractivity contribution in [2.24, 2.45) is 5.92 Å². The highest BCUT2D eigenvalue weighted by atomic mass is 16.6. The Bertz CT molecular complexity index is 105. The van der Waals surface area contributed by atoms with Crippen molar-refractivity contribution in [2.75, 3.05) is 0 Å². The molecule has 2 rings (SSSR count). The molecule has 0 N–H and O–H groups in total. The van der Waals surface area contributed by atoms with Crippen molar-refractivity contribution in [1.82, 2.24) is 0 Å². The average molecular weight is 126 g/mol. The number of ether oxygens (including phenoxy) is 1. The summed E-state index contributed by atoms with van der Waals surface area (Å²) in [4.78, 5) is 0. The van der Waals surface area contributed by atoms with Crippen LogP contribution < -0.4 is 0 Å². The SMILES string of the molecule is CC1OC1C1CCCC1. The minimum absolute atomic E-state index is 0.591. The van der Waals surface area contributed by atoms with Crippen LogP contribution in [-0.2, 0) is 4.74 Å². The van der Waals surface area contributed by atoms with E-state index in [0.717, 1.165) is 5.92 Å². The average Bonchev–Trinajstić information content (AvgIpc) is 2.44. The molecule has 52 valence electrons. The summed E-state index contributed by atoms with van der Waals surface area (Å²) in [6.07, 6.45) is 6.99. The summed E-state index contributed by atoms with van der Waals surface area (Å²) in [5.74, 6) is 0.931. The fourth-order valence-electron chi connectivity index (χ4n) is 1.98. The first-order valence-corrected chi connectivity index (χ1v) is 4.03. The first kappa shape index (κ1) is 5.72. The van der Waals surface area contributed by atoms with Crippen LogP contribution >= 0.6 is 0 Å². The maximum Gasteiger partial charge on any atom is 0.0867 e. The Kier molecular flexibility index (Phi) is 1.26. The van der Waals surface area contributed by atoms with Crippen molar-refractivity contribution in [2.45, 2.75) is 44.8 Å². The topological polar surface area (TPSA) is 12.5 Å². The van der Waals surface area contributed by atoms with E-state index in [9.17, 15) is 0 Å². The van der Waals surface area contributed by atoms with Crippen molar-refractivity contribution in [3.8, 4) is 0 Å². The molecule has 2 unspecified atom stereocenters. The molecule has 0 amide bonds. The van der Waals surface area contributed by atoms with Gasteiger partial charge in [-0.2, -0.15) is 0 Å². The third-order valence-corrected chi connectivity index (χ3v) is 2.62. The third-order valence-electron chi connectivity index (χ3n) is 2.62. The van der Waals surface area contributed by atoms with Gasteiger partial charge in [-0.3, -0.25) is 0 Å². The Labute approximate surface area is 56.4 Å². The predicted octanol–water partition coefficient (Wildman–Crippen LogP) is 1.96. The van der Waals surface area contributed by atoms with Crippen LogP contribution in [0.3, 0.4) is 0 Å². The van der Waals surface area contributed by atoms with E-state index in [0.29, 0.717) is 12.2 Å². The van der Waals surface area contributed by atoms with E-state index in [1.165, 1.54) is 25.7 Å². The molecule has 1 aliphatic carbocycles. The molecule has 2 fully saturated rings. The van der Waals surface area contributed by atoms with E-state index < -0.39 is 0 Å². The molecular weight excluding hydrogens is 112 g/mol. The van der Waals surface area contributed by atoms with E-state index in [2.05, 4.69) is 6.92 Å². The largest absolute Gasteiger partial charge is 0.370 e. The number of epoxide rings is 1. The smallest absolute Gasteiger partial charge is 0.0867 e. The van der Waals surface area contributed by atoms with E-state index in [-0.39, 0.29) is 0 Å². The maximum atomic E-state index is 5.40. The van der Waals surface area contributed by atoms with Crippen LogP contribution in [0.2, 0.25) is 0 Å². The van der Waals surface area contributed by atoms with Crippen LogP contribution in [0, 0.1) is 5.92 Å². The molecule has 0 bridgehead atoms. The normalized spacial score (nSPS) is 43.7. The second-order valence-corrected chi connectivity index (χ2v) is 3.35. The van der Waals surface area contributed by atoms with Crippen molar-refractivity contribution < 1.29 is 4.74 Å². The van der Waals surface area contributed by atoms with Gasteiger partial charge in [-0.25, -0.2) is 0 Å². The molecule has 0 aromatic carbocycles. The fraction of sp³-hybridized carbons (Fsp3) is 1.00. The lowest BCUT2D eigenvalue weighted by atomic mass is 10.0. The summed E-state index contributed by atoms with van der Waals surface area (Å²) >= 11 is 0. The lowest BCUT2D eigenvalue weighted by Crippen LogP contribution is -2.03. The van der Waals surface area contributed by atoms with E-state index in [1.807, 2.05) is 0 Å². The van der Waals surface area contributed by atoms with Crippen LogP contribution in [-0.4, -0.2) is 12.2 Å². The summed E-state index contributed by atoms with van der Waals surface area (Å²) < 4.78 is 5.40. The van der Waals surface area contributed by atoms with Gasteiger partial charge in [-0.15, -0.1) is 0 Å². The second-order valence-electron chi connectivity index (χ2n) is 3.35. The zero-order valence-electron chi connectivity index (χ0n) is 5.97. The first-order valence-electron chi connectivity index (χ1n) is 4.03. The molecule has 1 saturated heterocycles. The quantitative estimate of drug-likeness (QED) is 0.489. The van der Waals surface area contributed by atoms with Crippen LogP contribution in [0.25, 0.3) is 0 Å². The fourth-order valence-corrected chi connectivity index (χ4v) is 1.98. The van der Waals surface area contributed by atoms with Gasteiger partial charge in [0.05, 0.1) is 12.2 Å². The highest BCUT2D eigenvalue weighted by Crippen LogP contribution is 2.38. The standard InChI is InChI=1S/C8H14O/c1-6-8(9-6)7-4-2-3-5-7/h6-8H,2-5H2,1H3. The van der Waals surface area contributed by atoms with Crippen molar-refractivity contribution >= 4 is 0 Å². The zero-order valence-corrected chi connectivity index (χ0v) is 5.97. The molecule has 9 heavy (non-hydrogen) atoms. The van der Waals surface area contributed by atoms with Crippen molar-refractivity contribution in [1.29, 1.82) is 0 Å². The number of hydrogen-bond acceptors (Lipinski definition) is 1. The molecule has 1 aliphatic heterocycles. The minimum atomic E-state index is 0.591. The minimum Gasteiger partial charge on any atom is -0.370 e. The van der Waals surface area contributed by atoms with Crippen molar-refractivity contribution in [3.63, 3.8) is 0 Å². The molecule has 2 aliphatic rings. The lowest BCUT2D eigenvalue weighted by Gasteiger charge is -2.00. The van der Waals surface area contributed by atoms with Crippen LogP contribution in [0.4, 0.5) is 0 Å². The Morgan fingerprint density at radius 3 is 2.22 bits per heavy atom. The molecule has 0 spiro atoms. The molecule has 0 radical (unpaired) electrons. The Hall–Kier alpha value is -0.0400. The Morgan fingerprint density at radius 1 is 1.22 bits per heavy atom. The molecule has 1 heteroatoms. The summed E-state index contributed by atoms with van der Waals surface area (Å²) in [5.41, 5.74) is 0. The first-order chi connectivity index (χ1) is 4.38. The van der Waals surface area contributed by atoms with Gasteiger partial charge in [-0.05, 0) is 25.7 Å². The van der Waals surface area contributed by atoms with E-state index in [4.69, 9.17) is 4.74 Å².